The van der Waals surface area contributed by atoms with Crippen molar-refractivity contribution in [1.82, 2.24) is 14.8 Å². The lowest BCUT2D eigenvalue weighted by atomic mass is 9.69. The minimum absolute atomic E-state index is 0.0217. The third-order valence-electron chi connectivity index (χ3n) is 6.82. The third kappa shape index (κ3) is 3.38. The molecule has 3 aromatic rings. The molecule has 3 atom stereocenters. The fourth-order valence-electron chi connectivity index (χ4n) is 5.16. The van der Waals surface area contributed by atoms with Crippen LogP contribution in [-0.2, 0) is 6.42 Å². The van der Waals surface area contributed by atoms with E-state index in [0.29, 0.717) is 12.8 Å². The summed E-state index contributed by atoms with van der Waals surface area (Å²) in [5.41, 5.74) is 3.45. The molecule has 2 aliphatic carbocycles. The van der Waals surface area contributed by atoms with Gasteiger partial charge in [-0.15, -0.1) is 0 Å². The second-order valence-corrected chi connectivity index (χ2v) is 8.53. The van der Waals surface area contributed by atoms with Gasteiger partial charge in [-0.3, -0.25) is 4.98 Å². The zero-order valence-corrected chi connectivity index (χ0v) is 16.9. The van der Waals surface area contributed by atoms with Crippen LogP contribution < -0.4 is 0 Å². The number of fused-ring (bicyclic) bond motifs is 2. The second-order valence-electron chi connectivity index (χ2n) is 8.53. The highest BCUT2D eigenvalue weighted by Gasteiger charge is 2.48. The molecule has 0 spiro atoms. The summed E-state index contributed by atoms with van der Waals surface area (Å²) in [5.74, 6) is -0.796. The van der Waals surface area contributed by atoms with Gasteiger partial charge >= 0.3 is 0 Å². The highest BCUT2D eigenvalue weighted by molar-refractivity contribution is 5.60. The molecule has 0 saturated heterocycles. The van der Waals surface area contributed by atoms with Crippen molar-refractivity contribution >= 4 is 6.08 Å². The summed E-state index contributed by atoms with van der Waals surface area (Å²) < 4.78 is 29.2. The van der Waals surface area contributed by atoms with E-state index in [1.807, 2.05) is 0 Å². The summed E-state index contributed by atoms with van der Waals surface area (Å²) in [6, 6.07) is 8.98. The van der Waals surface area contributed by atoms with Crippen molar-refractivity contribution in [2.24, 2.45) is 11.3 Å². The summed E-state index contributed by atoms with van der Waals surface area (Å²) in [6.45, 7) is -0.0953. The van der Waals surface area contributed by atoms with E-state index in [-0.39, 0.29) is 30.5 Å². The number of rotatable bonds is 5. The topological polar surface area (TPSA) is 71.2 Å². The number of aliphatic hydroxyl groups excluding tert-OH is 2. The molecular weight excluding hydrogens is 400 g/mol. The molecule has 2 heterocycles. The molecule has 1 aromatic carbocycles. The van der Waals surface area contributed by atoms with Gasteiger partial charge in [0.25, 0.3) is 0 Å². The van der Waals surface area contributed by atoms with Crippen LogP contribution in [0.25, 0.3) is 11.8 Å². The third-order valence-corrected chi connectivity index (χ3v) is 6.82. The summed E-state index contributed by atoms with van der Waals surface area (Å²) in [4.78, 5) is 4.01. The van der Waals surface area contributed by atoms with E-state index in [2.05, 4.69) is 16.2 Å². The van der Waals surface area contributed by atoms with Crippen LogP contribution in [0.15, 0.2) is 54.4 Å². The molecule has 0 aliphatic heterocycles. The molecule has 1 fully saturated rings. The van der Waals surface area contributed by atoms with Crippen molar-refractivity contribution < 1.29 is 19.0 Å². The van der Waals surface area contributed by atoms with Gasteiger partial charge < -0.3 is 10.2 Å². The molecular formula is C24H23F2N3O2. The van der Waals surface area contributed by atoms with E-state index < -0.39 is 17.3 Å². The van der Waals surface area contributed by atoms with Crippen molar-refractivity contribution in [3.63, 3.8) is 0 Å². The molecule has 3 unspecified atom stereocenters. The molecule has 5 rings (SSSR count). The maximum atomic E-state index is 14.1. The van der Waals surface area contributed by atoms with Gasteiger partial charge in [0.15, 0.2) is 0 Å². The number of hydrogen-bond donors (Lipinski definition) is 2. The van der Waals surface area contributed by atoms with Crippen LogP contribution in [0, 0.1) is 23.0 Å². The number of hydrogen-bond acceptors (Lipinski definition) is 4. The standard InChI is InChI=1S/C24H23F2N3O2/c25-17-3-5-18(6-4-17)29-21-11-15-7-8-24(14-30,19(15)10-16(21)13-28-29)12-22(31)23-20(26)2-1-9-27-23/h1-6,9,11,13,19,22,30-31H,7-8,10,12,14H2. The number of allylic oxidation sites excluding steroid dienone is 1. The Bertz CT molecular complexity index is 1140. The van der Waals surface area contributed by atoms with Crippen molar-refractivity contribution in [1.29, 1.82) is 0 Å². The number of aromatic nitrogens is 3. The molecule has 5 nitrogen and oxygen atoms in total. The van der Waals surface area contributed by atoms with Gasteiger partial charge in [0, 0.05) is 18.2 Å². The fraction of sp³-hybridized carbons (Fsp3) is 0.333. The van der Waals surface area contributed by atoms with Crippen molar-refractivity contribution in [2.75, 3.05) is 6.61 Å². The lowest BCUT2D eigenvalue weighted by Gasteiger charge is -2.37. The summed E-state index contributed by atoms with van der Waals surface area (Å²) >= 11 is 0. The molecule has 2 aliphatic rings. The van der Waals surface area contributed by atoms with Gasteiger partial charge in [-0.2, -0.15) is 5.10 Å². The van der Waals surface area contributed by atoms with Crippen LogP contribution in [0.2, 0.25) is 0 Å². The SMILES string of the molecule is OCC1(CC(O)c2ncccc2F)CCC2=Cc3c(cnn3-c3ccc(F)cc3)CC21. The van der Waals surface area contributed by atoms with E-state index in [9.17, 15) is 19.0 Å². The first-order valence-electron chi connectivity index (χ1n) is 10.4. The van der Waals surface area contributed by atoms with Gasteiger partial charge in [0.1, 0.15) is 17.3 Å². The molecule has 160 valence electrons. The van der Waals surface area contributed by atoms with E-state index in [1.54, 1.807) is 23.0 Å². The molecule has 31 heavy (non-hydrogen) atoms. The number of halogens is 2. The zero-order chi connectivity index (χ0) is 21.6. The number of nitrogens with zero attached hydrogens (tertiary/aromatic N) is 3. The summed E-state index contributed by atoms with van der Waals surface area (Å²) in [7, 11) is 0. The lowest BCUT2D eigenvalue weighted by molar-refractivity contribution is 0.0233. The summed E-state index contributed by atoms with van der Waals surface area (Å²) in [5, 5.41) is 25.6. The molecule has 0 bridgehead atoms. The molecule has 0 radical (unpaired) electrons. The minimum Gasteiger partial charge on any atom is -0.396 e. The maximum Gasteiger partial charge on any atom is 0.147 e. The van der Waals surface area contributed by atoms with Gasteiger partial charge in [0.2, 0.25) is 0 Å². The first kappa shape index (κ1) is 20.0. The van der Waals surface area contributed by atoms with Crippen molar-refractivity contribution in [2.45, 2.75) is 31.8 Å². The smallest absolute Gasteiger partial charge is 0.147 e. The van der Waals surface area contributed by atoms with Crippen LogP contribution in [0.5, 0.6) is 0 Å². The van der Waals surface area contributed by atoms with Crippen LogP contribution in [0.4, 0.5) is 8.78 Å². The van der Waals surface area contributed by atoms with E-state index >= 15 is 0 Å². The maximum absolute atomic E-state index is 14.1. The monoisotopic (exact) mass is 423 g/mol. The normalized spacial score (nSPS) is 23.2. The number of benzene rings is 1. The Hall–Kier alpha value is -2.90. The average Bonchev–Trinajstić information content (AvgIpc) is 3.35. The Morgan fingerprint density at radius 2 is 2.00 bits per heavy atom. The number of aliphatic hydroxyl groups is 2. The largest absolute Gasteiger partial charge is 0.396 e. The molecule has 2 N–H and O–H groups in total. The lowest BCUT2D eigenvalue weighted by Crippen LogP contribution is -2.35. The predicted octanol–water partition coefficient (Wildman–Crippen LogP) is 4.00. The Labute approximate surface area is 178 Å². The van der Waals surface area contributed by atoms with Gasteiger partial charge in [0.05, 0.1) is 23.7 Å². The fourth-order valence-corrected chi connectivity index (χ4v) is 5.16. The number of pyridine rings is 1. The second kappa shape index (κ2) is 7.66. The summed E-state index contributed by atoms with van der Waals surface area (Å²) in [6.07, 6.45) is 6.70. The van der Waals surface area contributed by atoms with Gasteiger partial charge in [-0.25, -0.2) is 13.5 Å². The first-order valence-corrected chi connectivity index (χ1v) is 10.4. The van der Waals surface area contributed by atoms with E-state index in [1.165, 1.54) is 36.0 Å². The highest BCUT2D eigenvalue weighted by Crippen LogP contribution is 2.54. The minimum atomic E-state index is -1.09. The van der Waals surface area contributed by atoms with Crippen LogP contribution in [0.1, 0.15) is 42.3 Å². The molecule has 1 saturated carbocycles. The van der Waals surface area contributed by atoms with Crippen molar-refractivity contribution in [3.8, 4) is 5.69 Å². The predicted molar refractivity (Wildman–Crippen MR) is 111 cm³/mol. The highest BCUT2D eigenvalue weighted by atomic mass is 19.1. The Balaban J connectivity index is 1.45. The van der Waals surface area contributed by atoms with Crippen LogP contribution >= 0.6 is 0 Å². The van der Waals surface area contributed by atoms with E-state index in [0.717, 1.165) is 23.4 Å². The Kier molecular flexibility index (Phi) is 4.95. The molecule has 0 amide bonds. The molecule has 2 aromatic heterocycles. The molecule has 7 heteroatoms. The quantitative estimate of drug-likeness (QED) is 0.651. The first-order chi connectivity index (χ1) is 15.0. The average molecular weight is 423 g/mol. The van der Waals surface area contributed by atoms with Gasteiger partial charge in [-0.05, 0) is 79.6 Å². The van der Waals surface area contributed by atoms with Crippen LogP contribution in [0.3, 0.4) is 0 Å². The Morgan fingerprint density at radius 3 is 2.74 bits per heavy atom. The van der Waals surface area contributed by atoms with Gasteiger partial charge in [-0.1, -0.05) is 5.57 Å². The van der Waals surface area contributed by atoms with E-state index in [4.69, 9.17) is 0 Å². The Morgan fingerprint density at radius 1 is 1.19 bits per heavy atom. The van der Waals surface area contributed by atoms with Crippen molar-refractivity contribution in [3.05, 3.63) is 83.0 Å². The zero-order valence-electron chi connectivity index (χ0n) is 16.9. The van der Waals surface area contributed by atoms with Crippen LogP contribution in [-0.4, -0.2) is 31.6 Å².